The largest absolute Gasteiger partial charge is 0.309 e. The minimum atomic E-state index is 0.898. The van der Waals surface area contributed by atoms with Crippen LogP contribution in [0.3, 0.4) is 0 Å². The molecular formula is C11H25N. The summed E-state index contributed by atoms with van der Waals surface area (Å²) in [5.74, 6) is 1.83. The first-order valence-corrected chi connectivity index (χ1v) is 5.30. The molecule has 0 N–H and O–H groups in total. The molecule has 0 bridgehead atoms. The normalized spacial score (nSPS) is 14.2. The average Bonchev–Trinajstić information content (AvgIpc) is 2.04. The fraction of sp³-hybridized carbons (Fsp3) is 1.00. The summed E-state index contributed by atoms with van der Waals surface area (Å²) in [7, 11) is 4.34. The number of nitrogens with zero attached hydrogens (tertiary/aromatic N) is 1. The second-order valence-corrected chi connectivity index (χ2v) is 4.01. The standard InChI is InChI=1S/C11H25N/c1-6-10(7-2)11(8-3)9-12(4)5/h10-11H,6-9H2,1-5H3. The maximum atomic E-state index is 2.31. The minimum Gasteiger partial charge on any atom is -0.309 e. The third-order valence-electron chi connectivity index (χ3n) is 2.84. The van der Waals surface area contributed by atoms with Gasteiger partial charge in [-0.2, -0.15) is 0 Å². The van der Waals surface area contributed by atoms with Gasteiger partial charge in [0, 0.05) is 6.54 Å². The summed E-state index contributed by atoms with van der Waals surface area (Å²) < 4.78 is 0. The van der Waals surface area contributed by atoms with Gasteiger partial charge in [0.25, 0.3) is 0 Å². The molecule has 0 saturated heterocycles. The van der Waals surface area contributed by atoms with Crippen molar-refractivity contribution in [2.45, 2.75) is 40.0 Å². The summed E-state index contributed by atoms with van der Waals surface area (Å²) >= 11 is 0. The van der Waals surface area contributed by atoms with Crippen molar-refractivity contribution in [3.05, 3.63) is 0 Å². The molecule has 1 heteroatoms. The SMILES string of the molecule is CCC(CC)C(CC)CN(C)C. The van der Waals surface area contributed by atoms with E-state index in [4.69, 9.17) is 0 Å². The van der Waals surface area contributed by atoms with E-state index in [0.717, 1.165) is 11.8 Å². The Balaban J connectivity index is 3.92. The van der Waals surface area contributed by atoms with Gasteiger partial charge in [-0.05, 0) is 25.9 Å². The summed E-state index contributed by atoms with van der Waals surface area (Å²) in [4.78, 5) is 2.31. The van der Waals surface area contributed by atoms with Crippen LogP contribution in [-0.4, -0.2) is 25.5 Å². The van der Waals surface area contributed by atoms with Gasteiger partial charge in [-0.15, -0.1) is 0 Å². The molecule has 0 saturated carbocycles. The molecule has 0 aliphatic rings. The van der Waals surface area contributed by atoms with E-state index in [1.165, 1.54) is 25.8 Å². The highest BCUT2D eigenvalue weighted by atomic mass is 15.1. The molecule has 0 aromatic heterocycles. The quantitative estimate of drug-likeness (QED) is 0.594. The summed E-state index contributed by atoms with van der Waals surface area (Å²) in [6.07, 6.45) is 4.00. The van der Waals surface area contributed by atoms with Crippen LogP contribution in [0.5, 0.6) is 0 Å². The van der Waals surface area contributed by atoms with Crippen LogP contribution in [-0.2, 0) is 0 Å². The van der Waals surface area contributed by atoms with Gasteiger partial charge in [-0.3, -0.25) is 0 Å². The summed E-state index contributed by atoms with van der Waals surface area (Å²) in [6.45, 7) is 8.19. The molecule has 1 nitrogen and oxygen atoms in total. The van der Waals surface area contributed by atoms with Crippen molar-refractivity contribution in [3.8, 4) is 0 Å². The molecule has 0 aromatic carbocycles. The van der Waals surface area contributed by atoms with E-state index in [1.54, 1.807) is 0 Å². The molecule has 0 spiro atoms. The molecule has 0 heterocycles. The molecule has 0 aromatic rings. The fourth-order valence-electron chi connectivity index (χ4n) is 2.04. The molecule has 0 rings (SSSR count). The van der Waals surface area contributed by atoms with Gasteiger partial charge in [0.2, 0.25) is 0 Å². The van der Waals surface area contributed by atoms with Gasteiger partial charge in [-0.1, -0.05) is 40.0 Å². The van der Waals surface area contributed by atoms with Gasteiger partial charge in [-0.25, -0.2) is 0 Å². The predicted molar refractivity (Wildman–Crippen MR) is 56.4 cm³/mol. The molecule has 0 radical (unpaired) electrons. The Morgan fingerprint density at radius 3 is 1.50 bits per heavy atom. The number of rotatable bonds is 6. The van der Waals surface area contributed by atoms with Gasteiger partial charge >= 0.3 is 0 Å². The maximum absolute atomic E-state index is 2.31. The van der Waals surface area contributed by atoms with Gasteiger partial charge in [0.05, 0.1) is 0 Å². The van der Waals surface area contributed by atoms with Crippen molar-refractivity contribution < 1.29 is 0 Å². The lowest BCUT2D eigenvalue weighted by Crippen LogP contribution is -2.26. The van der Waals surface area contributed by atoms with Crippen LogP contribution in [0.4, 0.5) is 0 Å². The summed E-state index contributed by atoms with van der Waals surface area (Å²) in [6, 6.07) is 0. The number of hydrogen-bond acceptors (Lipinski definition) is 1. The maximum Gasteiger partial charge on any atom is 0.000610 e. The van der Waals surface area contributed by atoms with Crippen LogP contribution >= 0.6 is 0 Å². The Labute approximate surface area is 78.1 Å². The zero-order valence-electron chi connectivity index (χ0n) is 9.43. The topological polar surface area (TPSA) is 3.24 Å². The van der Waals surface area contributed by atoms with Crippen LogP contribution in [0, 0.1) is 11.8 Å². The molecular weight excluding hydrogens is 146 g/mol. The lowest BCUT2D eigenvalue weighted by Gasteiger charge is -2.26. The fourth-order valence-corrected chi connectivity index (χ4v) is 2.04. The lowest BCUT2D eigenvalue weighted by molar-refractivity contribution is 0.228. The third kappa shape index (κ3) is 4.10. The summed E-state index contributed by atoms with van der Waals surface area (Å²) in [5, 5.41) is 0. The zero-order valence-corrected chi connectivity index (χ0v) is 9.43. The zero-order chi connectivity index (χ0) is 9.56. The Kier molecular flexibility index (Phi) is 6.45. The van der Waals surface area contributed by atoms with E-state index in [2.05, 4.69) is 39.8 Å². The average molecular weight is 171 g/mol. The van der Waals surface area contributed by atoms with E-state index in [1.807, 2.05) is 0 Å². The Hall–Kier alpha value is -0.0400. The number of hydrogen-bond donors (Lipinski definition) is 0. The van der Waals surface area contributed by atoms with Gasteiger partial charge in [0.15, 0.2) is 0 Å². The smallest absolute Gasteiger partial charge is 0.000610 e. The Morgan fingerprint density at radius 1 is 0.833 bits per heavy atom. The molecule has 74 valence electrons. The molecule has 0 fully saturated rings. The van der Waals surface area contributed by atoms with Crippen molar-refractivity contribution in [1.82, 2.24) is 4.90 Å². The Morgan fingerprint density at radius 2 is 1.25 bits per heavy atom. The van der Waals surface area contributed by atoms with Crippen molar-refractivity contribution in [2.75, 3.05) is 20.6 Å². The van der Waals surface area contributed by atoms with Gasteiger partial charge in [0.1, 0.15) is 0 Å². The molecule has 0 aliphatic carbocycles. The van der Waals surface area contributed by atoms with Gasteiger partial charge < -0.3 is 4.90 Å². The van der Waals surface area contributed by atoms with Crippen molar-refractivity contribution in [1.29, 1.82) is 0 Å². The molecule has 1 unspecified atom stereocenters. The Bertz CT molecular complexity index is 95.2. The van der Waals surface area contributed by atoms with E-state index < -0.39 is 0 Å². The second-order valence-electron chi connectivity index (χ2n) is 4.01. The van der Waals surface area contributed by atoms with E-state index >= 15 is 0 Å². The van der Waals surface area contributed by atoms with E-state index in [-0.39, 0.29) is 0 Å². The highest BCUT2D eigenvalue weighted by molar-refractivity contribution is 4.68. The van der Waals surface area contributed by atoms with Crippen molar-refractivity contribution in [3.63, 3.8) is 0 Å². The first kappa shape index (κ1) is 12.0. The molecule has 12 heavy (non-hydrogen) atoms. The third-order valence-corrected chi connectivity index (χ3v) is 2.84. The van der Waals surface area contributed by atoms with E-state index in [9.17, 15) is 0 Å². The first-order chi connectivity index (χ1) is 5.65. The first-order valence-electron chi connectivity index (χ1n) is 5.30. The van der Waals surface area contributed by atoms with Crippen molar-refractivity contribution in [2.24, 2.45) is 11.8 Å². The van der Waals surface area contributed by atoms with Crippen LogP contribution in [0.15, 0.2) is 0 Å². The van der Waals surface area contributed by atoms with Crippen molar-refractivity contribution >= 4 is 0 Å². The minimum absolute atomic E-state index is 0.898. The highest BCUT2D eigenvalue weighted by Gasteiger charge is 2.16. The monoisotopic (exact) mass is 171 g/mol. The lowest BCUT2D eigenvalue weighted by atomic mass is 9.86. The summed E-state index contributed by atoms with van der Waals surface area (Å²) in [5.41, 5.74) is 0. The second kappa shape index (κ2) is 6.47. The predicted octanol–water partition coefficient (Wildman–Crippen LogP) is 3.01. The van der Waals surface area contributed by atoms with Crippen LogP contribution in [0.25, 0.3) is 0 Å². The van der Waals surface area contributed by atoms with E-state index in [0.29, 0.717) is 0 Å². The van der Waals surface area contributed by atoms with Crippen LogP contribution in [0.1, 0.15) is 40.0 Å². The molecule has 0 amide bonds. The highest BCUT2D eigenvalue weighted by Crippen LogP contribution is 2.22. The van der Waals surface area contributed by atoms with Crippen LogP contribution in [0.2, 0.25) is 0 Å². The van der Waals surface area contributed by atoms with Crippen LogP contribution < -0.4 is 0 Å². The molecule has 0 aliphatic heterocycles. The molecule has 1 atom stereocenters.